The molecule has 2 aromatic rings. The van der Waals surface area contributed by atoms with Crippen molar-refractivity contribution in [3.05, 3.63) is 18.1 Å². The molecule has 0 aliphatic carbocycles. The van der Waals surface area contributed by atoms with Gasteiger partial charge in [-0.15, -0.1) is 5.10 Å². The average Bonchev–Trinajstić information content (AvgIpc) is 3.15. The van der Waals surface area contributed by atoms with Crippen molar-refractivity contribution in [1.29, 1.82) is 0 Å². The second-order valence-corrected chi connectivity index (χ2v) is 5.23. The van der Waals surface area contributed by atoms with Gasteiger partial charge in [-0.3, -0.25) is 0 Å². The highest BCUT2D eigenvalue weighted by Gasteiger charge is 2.24. The molecule has 2 aromatic heterocycles. The monoisotopic (exact) mass is 290 g/mol. The summed E-state index contributed by atoms with van der Waals surface area (Å²) in [6.07, 6.45) is 5.87. The lowest BCUT2D eigenvalue weighted by Gasteiger charge is -2.15. The second kappa shape index (κ2) is 5.65. The van der Waals surface area contributed by atoms with E-state index >= 15 is 0 Å². The summed E-state index contributed by atoms with van der Waals surface area (Å²) in [6.45, 7) is 3.65. The van der Waals surface area contributed by atoms with E-state index in [0.29, 0.717) is 18.1 Å². The van der Waals surface area contributed by atoms with Gasteiger partial charge in [0.1, 0.15) is 5.69 Å². The Kier molecular flexibility index (Phi) is 3.70. The number of nitrogens with zero attached hydrogens (tertiary/aromatic N) is 6. The number of likely N-dealkylation sites (tertiary alicyclic amines) is 1. The highest BCUT2D eigenvalue weighted by molar-refractivity contribution is 5.91. The minimum absolute atomic E-state index is 0.0503. The summed E-state index contributed by atoms with van der Waals surface area (Å²) in [7, 11) is 1.83. The summed E-state index contributed by atoms with van der Waals surface area (Å²) in [6, 6.07) is 0. The average molecular weight is 290 g/mol. The third-order valence-corrected chi connectivity index (χ3v) is 3.80. The number of rotatable bonds is 5. The number of hydrogen-bond donors (Lipinski definition) is 1. The zero-order chi connectivity index (χ0) is 14.8. The van der Waals surface area contributed by atoms with Crippen LogP contribution in [0.15, 0.2) is 12.4 Å². The first-order valence-electron chi connectivity index (χ1n) is 7.03. The minimum Gasteiger partial charge on any atom is -0.476 e. The van der Waals surface area contributed by atoms with Crippen LogP contribution in [0.1, 0.15) is 23.3 Å². The van der Waals surface area contributed by atoms with E-state index < -0.39 is 5.97 Å². The quantitative estimate of drug-likeness (QED) is 0.861. The van der Waals surface area contributed by atoms with Crippen molar-refractivity contribution in [1.82, 2.24) is 29.4 Å². The number of carbonyl (C=O) groups is 1. The van der Waals surface area contributed by atoms with Crippen LogP contribution in [0.5, 0.6) is 0 Å². The van der Waals surface area contributed by atoms with Crippen LogP contribution < -0.4 is 0 Å². The number of aryl methyl sites for hydroxylation is 1. The van der Waals surface area contributed by atoms with Crippen molar-refractivity contribution in [2.45, 2.75) is 19.4 Å². The number of aromatic carboxylic acids is 1. The van der Waals surface area contributed by atoms with Crippen molar-refractivity contribution in [3.8, 4) is 11.5 Å². The summed E-state index contributed by atoms with van der Waals surface area (Å²) >= 11 is 0. The van der Waals surface area contributed by atoms with Crippen molar-refractivity contribution in [2.75, 3.05) is 19.6 Å². The van der Waals surface area contributed by atoms with Gasteiger partial charge in [0.25, 0.3) is 0 Å². The molecule has 1 aliphatic rings. The lowest BCUT2D eigenvalue weighted by atomic mass is 10.3. The fraction of sp³-hybridized carbons (Fsp3) is 0.538. The molecule has 0 saturated carbocycles. The van der Waals surface area contributed by atoms with E-state index in [2.05, 4.69) is 20.2 Å². The molecule has 0 spiro atoms. The second-order valence-electron chi connectivity index (χ2n) is 5.23. The predicted octanol–water partition coefficient (Wildman–Crippen LogP) is 0.473. The van der Waals surface area contributed by atoms with Crippen LogP contribution >= 0.6 is 0 Å². The molecule has 0 atom stereocenters. The van der Waals surface area contributed by atoms with Crippen molar-refractivity contribution in [3.63, 3.8) is 0 Å². The van der Waals surface area contributed by atoms with Gasteiger partial charge in [-0.25, -0.2) is 14.5 Å². The van der Waals surface area contributed by atoms with E-state index in [1.54, 1.807) is 21.6 Å². The van der Waals surface area contributed by atoms with Crippen molar-refractivity contribution >= 4 is 5.97 Å². The summed E-state index contributed by atoms with van der Waals surface area (Å²) in [5, 5.41) is 17.1. The molecule has 0 unspecified atom stereocenters. The van der Waals surface area contributed by atoms with Gasteiger partial charge in [0.05, 0.1) is 6.54 Å². The van der Waals surface area contributed by atoms with Crippen LogP contribution in [-0.2, 0) is 13.6 Å². The largest absolute Gasteiger partial charge is 0.476 e. The summed E-state index contributed by atoms with van der Waals surface area (Å²) in [5.41, 5.74) is 0.417. The van der Waals surface area contributed by atoms with Crippen molar-refractivity contribution in [2.24, 2.45) is 7.05 Å². The zero-order valence-electron chi connectivity index (χ0n) is 11.9. The van der Waals surface area contributed by atoms with E-state index in [0.717, 1.165) is 19.6 Å². The van der Waals surface area contributed by atoms with Crippen LogP contribution in [0.4, 0.5) is 0 Å². The van der Waals surface area contributed by atoms with E-state index in [-0.39, 0.29) is 5.69 Å². The number of aromatic nitrogens is 5. The first-order valence-corrected chi connectivity index (χ1v) is 7.03. The summed E-state index contributed by atoms with van der Waals surface area (Å²) in [4.78, 5) is 17.9. The van der Waals surface area contributed by atoms with E-state index in [1.165, 1.54) is 12.8 Å². The lowest BCUT2D eigenvalue weighted by molar-refractivity contribution is 0.0691. The first kappa shape index (κ1) is 13.7. The Hall–Kier alpha value is -2.22. The molecule has 0 radical (unpaired) electrons. The molecule has 0 aromatic carbocycles. The maximum absolute atomic E-state index is 11.3. The number of imidazole rings is 1. The Balaban J connectivity index is 1.89. The Bertz CT molecular complexity index is 641. The molecule has 0 bridgehead atoms. The van der Waals surface area contributed by atoms with Gasteiger partial charge in [0.2, 0.25) is 5.69 Å². The SMILES string of the molecule is Cn1ccnc1-c1c(C(=O)O)nnn1CCN1CCCC1. The normalized spacial score (nSPS) is 15.7. The third kappa shape index (κ3) is 2.66. The van der Waals surface area contributed by atoms with E-state index in [1.807, 2.05) is 7.05 Å². The van der Waals surface area contributed by atoms with Crippen molar-refractivity contribution < 1.29 is 9.90 Å². The minimum atomic E-state index is -1.08. The smallest absolute Gasteiger partial charge is 0.358 e. The van der Waals surface area contributed by atoms with E-state index in [4.69, 9.17) is 0 Å². The van der Waals surface area contributed by atoms with Crippen LogP contribution in [-0.4, -0.2) is 60.2 Å². The highest BCUT2D eigenvalue weighted by atomic mass is 16.4. The Labute approximate surface area is 122 Å². The van der Waals surface area contributed by atoms with Crippen LogP contribution in [0, 0.1) is 0 Å². The topological polar surface area (TPSA) is 89.1 Å². The molecule has 1 saturated heterocycles. The number of hydrogen-bond acceptors (Lipinski definition) is 5. The lowest BCUT2D eigenvalue weighted by Crippen LogP contribution is -2.25. The van der Waals surface area contributed by atoms with Gasteiger partial charge in [-0.2, -0.15) is 0 Å². The standard InChI is InChI=1S/C13H18N6O2/c1-17-7-4-14-12(17)11-10(13(20)21)15-16-19(11)9-8-18-5-2-3-6-18/h4,7H,2-3,5-6,8-9H2,1H3,(H,20,21). The summed E-state index contributed by atoms with van der Waals surface area (Å²) in [5.74, 6) is -0.515. The molecule has 112 valence electrons. The molecule has 3 heterocycles. The first-order chi connectivity index (χ1) is 10.2. The molecule has 3 rings (SSSR count). The molecule has 0 amide bonds. The Morgan fingerprint density at radius 2 is 2.10 bits per heavy atom. The molecular formula is C13H18N6O2. The maximum Gasteiger partial charge on any atom is 0.358 e. The summed E-state index contributed by atoms with van der Waals surface area (Å²) < 4.78 is 3.42. The molecular weight excluding hydrogens is 272 g/mol. The number of carboxylic acids is 1. The van der Waals surface area contributed by atoms with Gasteiger partial charge >= 0.3 is 5.97 Å². The van der Waals surface area contributed by atoms with Gasteiger partial charge in [-0.1, -0.05) is 5.21 Å². The zero-order valence-corrected chi connectivity index (χ0v) is 11.9. The molecule has 1 aliphatic heterocycles. The predicted molar refractivity (Wildman–Crippen MR) is 74.9 cm³/mol. The fourth-order valence-electron chi connectivity index (χ4n) is 2.67. The van der Waals surface area contributed by atoms with Gasteiger partial charge in [0, 0.05) is 26.0 Å². The highest BCUT2D eigenvalue weighted by Crippen LogP contribution is 2.20. The molecule has 1 fully saturated rings. The van der Waals surface area contributed by atoms with Crippen LogP contribution in [0.2, 0.25) is 0 Å². The fourth-order valence-corrected chi connectivity index (χ4v) is 2.67. The van der Waals surface area contributed by atoms with Crippen LogP contribution in [0.25, 0.3) is 11.5 Å². The van der Waals surface area contributed by atoms with Gasteiger partial charge < -0.3 is 14.6 Å². The third-order valence-electron chi connectivity index (χ3n) is 3.80. The Morgan fingerprint density at radius 3 is 2.71 bits per heavy atom. The molecule has 1 N–H and O–H groups in total. The molecule has 8 heteroatoms. The Morgan fingerprint density at radius 1 is 1.33 bits per heavy atom. The van der Waals surface area contributed by atoms with Gasteiger partial charge in [0.15, 0.2) is 5.82 Å². The number of carboxylic acid groups (broad SMARTS) is 1. The van der Waals surface area contributed by atoms with Crippen LogP contribution in [0.3, 0.4) is 0 Å². The molecule has 21 heavy (non-hydrogen) atoms. The van der Waals surface area contributed by atoms with E-state index in [9.17, 15) is 9.90 Å². The molecule has 8 nitrogen and oxygen atoms in total. The maximum atomic E-state index is 11.3. The van der Waals surface area contributed by atoms with Gasteiger partial charge in [-0.05, 0) is 25.9 Å².